The van der Waals surface area contributed by atoms with Crippen LogP contribution in [0.5, 0.6) is 0 Å². The summed E-state index contributed by atoms with van der Waals surface area (Å²) >= 11 is 0. The summed E-state index contributed by atoms with van der Waals surface area (Å²) in [5.74, 6) is 0.846. The Balaban J connectivity index is 1.07. The molecule has 66 heavy (non-hydrogen) atoms. The van der Waals surface area contributed by atoms with E-state index < -0.39 is 0 Å². The van der Waals surface area contributed by atoms with Gasteiger partial charge in [0.05, 0.1) is 22.1 Å². The van der Waals surface area contributed by atoms with Crippen LogP contribution >= 0.6 is 0 Å². The molecular weight excluding hydrogens is 803 g/mol. The Labute approximate surface area is 384 Å². The van der Waals surface area contributed by atoms with Crippen LogP contribution < -0.4 is 9.80 Å². The van der Waals surface area contributed by atoms with E-state index in [2.05, 4.69) is 280 Å². The third kappa shape index (κ3) is 7.05. The van der Waals surface area contributed by atoms with Crippen LogP contribution in [0.15, 0.2) is 261 Å². The van der Waals surface area contributed by atoms with E-state index in [1.807, 2.05) is 0 Å². The number of hydrogen-bond acceptors (Lipinski definition) is 3. The van der Waals surface area contributed by atoms with E-state index >= 15 is 0 Å². The topological polar surface area (TPSA) is 28.7 Å². The summed E-state index contributed by atoms with van der Waals surface area (Å²) in [6.45, 7) is 0. The van der Waals surface area contributed by atoms with E-state index in [0.717, 1.165) is 67.7 Å². The van der Waals surface area contributed by atoms with Crippen molar-refractivity contribution in [2.24, 2.45) is 0 Å². The average molecular weight is 846 g/mol. The number of hydrogen-bond donors (Lipinski definition) is 0. The molecule has 0 aliphatic rings. The van der Waals surface area contributed by atoms with E-state index in [9.17, 15) is 0 Å². The molecule has 2 heterocycles. The van der Waals surface area contributed by atoms with Crippen molar-refractivity contribution in [2.45, 2.75) is 0 Å². The summed E-state index contributed by atoms with van der Waals surface area (Å²) in [4.78, 5) is 10.1. The Morgan fingerprint density at radius 2 is 0.621 bits per heavy atom. The standard InChI is InChI=1S/C61H43N5/c1-6-16-44(17-7-1)47-26-32-52(33-27-47)64(53-34-28-48(29-35-53)45-18-8-2-9-19-45)56-39-41-58-60(43-56)66-59-42-55(63(50-22-12-4-13-23-50)51-24-14-5-15-25-51)38-40-57(59)62-61(66)65(58)54-36-30-49(31-37-54)46-20-10-3-11-21-46/h1-43H. The second-order valence-corrected chi connectivity index (χ2v) is 16.5. The molecule has 12 aromatic rings. The van der Waals surface area contributed by atoms with E-state index in [1.54, 1.807) is 0 Å². The van der Waals surface area contributed by atoms with Gasteiger partial charge in [0.1, 0.15) is 0 Å². The molecule has 0 atom stereocenters. The van der Waals surface area contributed by atoms with Crippen molar-refractivity contribution in [2.75, 3.05) is 9.80 Å². The Morgan fingerprint density at radius 3 is 1.08 bits per heavy atom. The lowest BCUT2D eigenvalue weighted by molar-refractivity contribution is 1.11. The van der Waals surface area contributed by atoms with Gasteiger partial charge in [0, 0.05) is 39.8 Å². The van der Waals surface area contributed by atoms with Crippen LogP contribution in [0.4, 0.5) is 34.1 Å². The largest absolute Gasteiger partial charge is 0.310 e. The van der Waals surface area contributed by atoms with Gasteiger partial charge in [-0.25, -0.2) is 4.98 Å². The number of para-hydroxylation sites is 2. The van der Waals surface area contributed by atoms with Crippen molar-refractivity contribution in [1.82, 2.24) is 14.0 Å². The second kappa shape index (κ2) is 16.6. The highest BCUT2D eigenvalue weighted by atomic mass is 15.2. The molecule has 5 heteroatoms. The van der Waals surface area contributed by atoms with Crippen LogP contribution in [-0.4, -0.2) is 14.0 Å². The highest BCUT2D eigenvalue weighted by Crippen LogP contribution is 2.41. The van der Waals surface area contributed by atoms with Gasteiger partial charge >= 0.3 is 0 Å². The van der Waals surface area contributed by atoms with Gasteiger partial charge < -0.3 is 9.80 Å². The van der Waals surface area contributed by atoms with Crippen LogP contribution in [0.2, 0.25) is 0 Å². The molecule has 0 fully saturated rings. The first-order chi connectivity index (χ1) is 32.7. The molecule has 0 saturated carbocycles. The molecule has 10 aromatic carbocycles. The molecule has 2 aromatic heterocycles. The van der Waals surface area contributed by atoms with Crippen molar-refractivity contribution >= 4 is 62.0 Å². The molecule has 0 spiro atoms. The van der Waals surface area contributed by atoms with Crippen molar-refractivity contribution < 1.29 is 0 Å². The lowest BCUT2D eigenvalue weighted by Gasteiger charge is -2.26. The third-order valence-corrected chi connectivity index (χ3v) is 12.5. The predicted molar refractivity (Wildman–Crippen MR) is 275 cm³/mol. The normalized spacial score (nSPS) is 11.3. The van der Waals surface area contributed by atoms with E-state index in [-0.39, 0.29) is 0 Å². The Hall–Kier alpha value is -8.93. The number of rotatable bonds is 10. The minimum absolute atomic E-state index is 0.846. The van der Waals surface area contributed by atoms with E-state index in [1.165, 1.54) is 33.4 Å². The molecule has 0 amide bonds. The Morgan fingerprint density at radius 1 is 0.273 bits per heavy atom. The highest BCUT2D eigenvalue weighted by molar-refractivity contribution is 5.97. The summed E-state index contributed by atoms with van der Waals surface area (Å²) in [5, 5.41) is 0. The van der Waals surface area contributed by atoms with Crippen LogP contribution in [0.3, 0.4) is 0 Å². The first kappa shape index (κ1) is 38.7. The van der Waals surface area contributed by atoms with Crippen molar-refractivity contribution in [3.8, 4) is 39.1 Å². The van der Waals surface area contributed by atoms with Crippen molar-refractivity contribution in [3.63, 3.8) is 0 Å². The summed E-state index contributed by atoms with van der Waals surface area (Å²) in [6, 6.07) is 92.9. The monoisotopic (exact) mass is 845 g/mol. The number of nitrogens with zero attached hydrogens (tertiary/aromatic N) is 5. The molecule has 0 bridgehead atoms. The molecule has 0 radical (unpaired) electrons. The zero-order chi connectivity index (χ0) is 43.8. The first-order valence-electron chi connectivity index (χ1n) is 22.4. The van der Waals surface area contributed by atoms with Crippen molar-refractivity contribution in [3.05, 3.63) is 261 Å². The molecule has 12 rings (SSSR count). The number of benzene rings is 10. The number of aromatic nitrogens is 3. The molecule has 0 N–H and O–H groups in total. The minimum atomic E-state index is 0.846. The third-order valence-electron chi connectivity index (χ3n) is 12.5. The molecule has 0 saturated heterocycles. The van der Waals surface area contributed by atoms with Gasteiger partial charge in [0.15, 0.2) is 0 Å². The second-order valence-electron chi connectivity index (χ2n) is 16.5. The molecule has 0 unspecified atom stereocenters. The van der Waals surface area contributed by atoms with Gasteiger partial charge in [-0.3, -0.25) is 8.97 Å². The lowest BCUT2D eigenvalue weighted by atomic mass is 10.0. The van der Waals surface area contributed by atoms with Crippen molar-refractivity contribution in [1.29, 1.82) is 0 Å². The van der Waals surface area contributed by atoms with Gasteiger partial charge in [-0.2, -0.15) is 0 Å². The quantitative estimate of drug-likeness (QED) is 0.137. The van der Waals surface area contributed by atoms with Gasteiger partial charge in [0.2, 0.25) is 5.78 Å². The predicted octanol–water partition coefficient (Wildman–Crippen LogP) is 16.4. The molecular formula is C61H43N5. The van der Waals surface area contributed by atoms with E-state index in [4.69, 9.17) is 4.98 Å². The maximum Gasteiger partial charge on any atom is 0.220 e. The minimum Gasteiger partial charge on any atom is -0.310 e. The maximum absolute atomic E-state index is 5.42. The summed E-state index contributed by atoms with van der Waals surface area (Å²) in [5.41, 5.74) is 18.5. The van der Waals surface area contributed by atoms with Gasteiger partial charge in [-0.05, 0) is 130 Å². The molecule has 0 aliphatic carbocycles. The van der Waals surface area contributed by atoms with Crippen LogP contribution in [0, 0.1) is 0 Å². The van der Waals surface area contributed by atoms with Gasteiger partial charge in [-0.1, -0.05) is 164 Å². The molecule has 312 valence electrons. The number of imidazole rings is 2. The fourth-order valence-corrected chi connectivity index (χ4v) is 9.31. The number of fused-ring (bicyclic) bond motifs is 5. The zero-order valence-electron chi connectivity index (χ0n) is 36.1. The SMILES string of the molecule is c1ccc(-c2ccc(N(c3ccc(-c4ccccc4)cc3)c3ccc4c(c3)n3c5cc(N(c6ccccc6)c6ccccc6)ccc5nc3n4-c3ccc(-c4ccccc4)cc3)cc2)cc1. The zero-order valence-corrected chi connectivity index (χ0v) is 36.1. The smallest absolute Gasteiger partial charge is 0.220 e. The Bertz CT molecular complexity index is 3460. The molecule has 0 aliphatic heterocycles. The highest BCUT2D eigenvalue weighted by Gasteiger charge is 2.22. The maximum atomic E-state index is 5.42. The fraction of sp³-hybridized carbons (Fsp3) is 0. The summed E-state index contributed by atoms with van der Waals surface area (Å²) < 4.78 is 4.64. The van der Waals surface area contributed by atoms with Gasteiger partial charge in [-0.15, -0.1) is 0 Å². The van der Waals surface area contributed by atoms with Crippen LogP contribution in [0.1, 0.15) is 0 Å². The molecule has 5 nitrogen and oxygen atoms in total. The Kier molecular flexibility index (Phi) is 9.77. The van der Waals surface area contributed by atoms with E-state index in [0.29, 0.717) is 0 Å². The summed E-state index contributed by atoms with van der Waals surface area (Å²) in [7, 11) is 0. The number of anilines is 6. The summed E-state index contributed by atoms with van der Waals surface area (Å²) in [6.07, 6.45) is 0. The average Bonchev–Trinajstić information content (AvgIpc) is 3.92. The van der Waals surface area contributed by atoms with Gasteiger partial charge in [0.25, 0.3) is 0 Å². The van der Waals surface area contributed by atoms with Crippen LogP contribution in [0.25, 0.3) is 66.9 Å². The van der Waals surface area contributed by atoms with Crippen LogP contribution in [-0.2, 0) is 0 Å². The lowest BCUT2D eigenvalue weighted by Crippen LogP contribution is -2.10. The first-order valence-corrected chi connectivity index (χ1v) is 22.4. The fourth-order valence-electron chi connectivity index (χ4n) is 9.31.